The number of nitrogens with zero attached hydrogens (tertiary/aromatic N) is 3. The normalized spacial score (nSPS) is 10.9. The molecule has 0 unspecified atom stereocenters. The summed E-state index contributed by atoms with van der Waals surface area (Å²) in [7, 11) is 0. The number of carbonyl (C=O) groups excluding carboxylic acids is 1. The monoisotopic (exact) mass is 386 g/mol. The van der Waals surface area contributed by atoms with Crippen molar-refractivity contribution in [2.75, 3.05) is 5.75 Å². The zero-order chi connectivity index (χ0) is 15.4. The van der Waals surface area contributed by atoms with Gasteiger partial charge in [-0.3, -0.25) is 4.79 Å². The maximum atomic E-state index is 10.7. The Kier molecular flexibility index (Phi) is 5.47. The van der Waals surface area contributed by atoms with Crippen LogP contribution in [0.3, 0.4) is 0 Å². The van der Waals surface area contributed by atoms with Crippen LogP contribution in [0.4, 0.5) is 0 Å². The molecule has 10 heteroatoms. The first-order valence-corrected chi connectivity index (χ1v) is 10.7. The Morgan fingerprint density at radius 2 is 2.05 bits per heavy atom. The van der Waals surface area contributed by atoms with Gasteiger partial charge >= 0.3 is 0 Å². The van der Waals surface area contributed by atoms with Crippen LogP contribution in [-0.2, 0) is 10.5 Å². The van der Waals surface area contributed by atoms with E-state index < -0.39 is 0 Å². The third kappa shape index (κ3) is 4.29. The summed E-state index contributed by atoms with van der Waals surface area (Å²) in [6, 6.07) is 2.08. The fraction of sp³-hybridized carbons (Fsp3) is 0.167. The fourth-order valence-corrected chi connectivity index (χ4v) is 5.76. The highest BCUT2D eigenvalue weighted by atomic mass is 32.2. The number of thiazole rings is 1. The van der Waals surface area contributed by atoms with Gasteiger partial charge < -0.3 is 5.73 Å². The van der Waals surface area contributed by atoms with Gasteiger partial charge in [-0.15, -0.1) is 21.5 Å². The molecule has 0 saturated heterocycles. The van der Waals surface area contributed by atoms with Crippen LogP contribution in [0.25, 0.3) is 10.6 Å². The van der Waals surface area contributed by atoms with Crippen LogP contribution in [0, 0.1) is 0 Å². The molecular weight excluding hydrogens is 376 g/mol. The molecule has 0 aliphatic rings. The molecular formula is C12H10N4OS5. The van der Waals surface area contributed by atoms with Crippen molar-refractivity contribution in [3.8, 4) is 10.6 Å². The summed E-state index contributed by atoms with van der Waals surface area (Å²) in [5.74, 6) is 0.642. The molecule has 0 bridgehead atoms. The predicted octanol–water partition coefficient (Wildman–Crippen LogP) is 3.59. The Hall–Kier alpha value is -0.940. The second kappa shape index (κ2) is 7.55. The summed E-state index contributed by atoms with van der Waals surface area (Å²) < 4.78 is 1.63. The Morgan fingerprint density at radius 3 is 2.77 bits per heavy atom. The lowest BCUT2D eigenvalue weighted by molar-refractivity contribution is -0.115. The van der Waals surface area contributed by atoms with Crippen molar-refractivity contribution < 1.29 is 4.79 Å². The second-order valence-electron chi connectivity index (χ2n) is 4.03. The Bertz CT molecular complexity index is 751. The van der Waals surface area contributed by atoms with Gasteiger partial charge in [-0.05, 0) is 11.4 Å². The minimum absolute atomic E-state index is 0.232. The first-order valence-electron chi connectivity index (χ1n) is 6.05. The smallest absolute Gasteiger partial charge is 0.227 e. The summed E-state index contributed by atoms with van der Waals surface area (Å²) in [5.41, 5.74) is 7.32. The Balaban J connectivity index is 1.55. The molecule has 0 aliphatic carbocycles. The lowest BCUT2D eigenvalue weighted by Gasteiger charge is -1.92. The van der Waals surface area contributed by atoms with Crippen LogP contribution in [0.5, 0.6) is 0 Å². The summed E-state index contributed by atoms with van der Waals surface area (Å²) in [4.78, 5) is 15.4. The van der Waals surface area contributed by atoms with Crippen molar-refractivity contribution >= 4 is 63.4 Å². The minimum Gasteiger partial charge on any atom is -0.369 e. The number of carbonyl (C=O) groups is 1. The largest absolute Gasteiger partial charge is 0.369 e. The maximum absolute atomic E-state index is 10.7. The molecule has 5 nitrogen and oxygen atoms in total. The molecule has 3 aromatic rings. The van der Waals surface area contributed by atoms with E-state index in [2.05, 4.69) is 37.4 Å². The number of primary amides is 1. The van der Waals surface area contributed by atoms with Crippen molar-refractivity contribution in [3.05, 3.63) is 27.9 Å². The van der Waals surface area contributed by atoms with Crippen LogP contribution >= 0.6 is 57.5 Å². The lowest BCUT2D eigenvalue weighted by atomic mass is 10.4. The van der Waals surface area contributed by atoms with Crippen molar-refractivity contribution in [2.45, 2.75) is 14.4 Å². The highest BCUT2D eigenvalue weighted by Crippen LogP contribution is 2.32. The first-order chi connectivity index (χ1) is 10.7. The molecule has 0 fully saturated rings. The molecule has 0 aromatic carbocycles. The molecule has 3 heterocycles. The van der Waals surface area contributed by atoms with E-state index in [9.17, 15) is 4.79 Å². The van der Waals surface area contributed by atoms with E-state index in [1.54, 1.807) is 34.4 Å². The van der Waals surface area contributed by atoms with Gasteiger partial charge in [0.2, 0.25) is 5.91 Å². The average Bonchev–Trinajstić information content (AvgIpc) is 3.23. The minimum atomic E-state index is -0.349. The highest BCUT2D eigenvalue weighted by molar-refractivity contribution is 8.03. The van der Waals surface area contributed by atoms with Gasteiger partial charge in [0.1, 0.15) is 5.01 Å². The number of nitrogens with two attached hydrogens (primary N) is 1. The number of rotatable bonds is 7. The second-order valence-corrected chi connectivity index (χ2v) is 9.09. The Morgan fingerprint density at radius 1 is 1.23 bits per heavy atom. The Labute approximate surface area is 147 Å². The molecule has 2 N–H and O–H groups in total. The third-order valence-corrected chi connectivity index (χ3v) is 7.26. The molecule has 0 radical (unpaired) electrons. The zero-order valence-corrected chi connectivity index (χ0v) is 15.2. The number of hydrogen-bond acceptors (Lipinski definition) is 9. The van der Waals surface area contributed by atoms with Crippen LogP contribution in [0.15, 0.2) is 30.9 Å². The van der Waals surface area contributed by atoms with E-state index in [1.165, 1.54) is 28.7 Å². The summed E-state index contributed by atoms with van der Waals surface area (Å²) in [5, 5.41) is 15.4. The number of thiophene rings is 1. The van der Waals surface area contributed by atoms with Crippen LogP contribution in [0.1, 0.15) is 5.69 Å². The highest BCUT2D eigenvalue weighted by Gasteiger charge is 2.09. The lowest BCUT2D eigenvalue weighted by Crippen LogP contribution is -2.12. The van der Waals surface area contributed by atoms with E-state index in [1.807, 2.05) is 0 Å². The van der Waals surface area contributed by atoms with Crippen molar-refractivity contribution in [2.24, 2.45) is 5.73 Å². The van der Waals surface area contributed by atoms with E-state index in [0.29, 0.717) is 0 Å². The topological polar surface area (TPSA) is 81.8 Å². The molecule has 0 saturated carbocycles. The maximum Gasteiger partial charge on any atom is 0.227 e. The number of aromatic nitrogens is 3. The van der Waals surface area contributed by atoms with Gasteiger partial charge in [-0.1, -0.05) is 34.9 Å². The fourth-order valence-electron chi connectivity index (χ4n) is 1.47. The number of amides is 1. The molecule has 3 rings (SSSR count). The van der Waals surface area contributed by atoms with E-state index >= 15 is 0 Å². The van der Waals surface area contributed by atoms with Gasteiger partial charge in [-0.25, -0.2) is 4.98 Å². The molecule has 1 amide bonds. The molecule has 3 aromatic heterocycles. The quantitative estimate of drug-likeness (QED) is 0.625. The van der Waals surface area contributed by atoms with Crippen LogP contribution in [-0.4, -0.2) is 26.8 Å². The van der Waals surface area contributed by atoms with Crippen LogP contribution in [0.2, 0.25) is 0 Å². The van der Waals surface area contributed by atoms with E-state index in [0.717, 1.165) is 25.1 Å². The van der Waals surface area contributed by atoms with Gasteiger partial charge in [0, 0.05) is 22.1 Å². The summed E-state index contributed by atoms with van der Waals surface area (Å²) >= 11 is 7.72. The molecule has 0 atom stereocenters. The summed E-state index contributed by atoms with van der Waals surface area (Å²) in [6.45, 7) is 0. The third-order valence-electron chi connectivity index (χ3n) is 2.39. The van der Waals surface area contributed by atoms with Gasteiger partial charge in [-0.2, -0.15) is 11.3 Å². The predicted molar refractivity (Wildman–Crippen MR) is 94.8 cm³/mol. The average molecular weight is 387 g/mol. The molecule has 0 spiro atoms. The standard InChI is InChI=1S/C12H10N4OS5/c13-9(17)6-21-12-16-15-11(22-12)20-5-8-4-19-10(14-8)7-1-2-18-3-7/h1-4H,5-6H2,(H2,13,17). The zero-order valence-electron chi connectivity index (χ0n) is 11.1. The van der Waals surface area contributed by atoms with Crippen molar-refractivity contribution in [1.82, 2.24) is 15.2 Å². The molecule has 0 aliphatic heterocycles. The molecule has 22 heavy (non-hydrogen) atoms. The van der Waals surface area contributed by atoms with Crippen molar-refractivity contribution in [1.29, 1.82) is 0 Å². The van der Waals surface area contributed by atoms with Gasteiger partial charge in [0.25, 0.3) is 0 Å². The van der Waals surface area contributed by atoms with E-state index in [4.69, 9.17) is 5.73 Å². The van der Waals surface area contributed by atoms with Gasteiger partial charge in [0.05, 0.1) is 11.4 Å². The summed E-state index contributed by atoms with van der Waals surface area (Å²) in [6.07, 6.45) is 0. The van der Waals surface area contributed by atoms with Crippen molar-refractivity contribution in [3.63, 3.8) is 0 Å². The number of thioether (sulfide) groups is 2. The van der Waals surface area contributed by atoms with E-state index in [-0.39, 0.29) is 11.7 Å². The van der Waals surface area contributed by atoms with Crippen LogP contribution < -0.4 is 5.73 Å². The first kappa shape index (κ1) is 15.9. The SMILES string of the molecule is NC(=O)CSc1nnc(SCc2csc(-c3ccsc3)n2)s1. The molecule has 114 valence electrons. The van der Waals surface area contributed by atoms with Gasteiger partial charge in [0.15, 0.2) is 8.68 Å². The number of hydrogen-bond donors (Lipinski definition) is 1.